The summed E-state index contributed by atoms with van der Waals surface area (Å²) in [5, 5.41) is 15.0. The van der Waals surface area contributed by atoms with Crippen LogP contribution in [0.4, 0.5) is 5.69 Å². The van der Waals surface area contributed by atoms with E-state index >= 15 is 0 Å². The summed E-state index contributed by atoms with van der Waals surface area (Å²) in [5.74, 6) is 0. The third kappa shape index (κ3) is 3.57. The Balaban J connectivity index is 1.89. The number of rotatable bonds is 7. The van der Waals surface area contributed by atoms with E-state index in [4.69, 9.17) is 11.6 Å². The average Bonchev–Trinajstić information content (AvgIpc) is 2.95. The van der Waals surface area contributed by atoms with Crippen LogP contribution in [0, 0.1) is 0 Å². The Morgan fingerprint density at radius 1 is 1.40 bits per heavy atom. The maximum Gasteiger partial charge on any atom is 0.287 e. The van der Waals surface area contributed by atoms with E-state index in [1.165, 1.54) is 4.68 Å². The van der Waals surface area contributed by atoms with Gasteiger partial charge in [0.25, 0.3) is 5.56 Å². The zero-order valence-corrected chi connectivity index (χ0v) is 12.0. The van der Waals surface area contributed by atoms with Crippen molar-refractivity contribution in [2.24, 2.45) is 0 Å². The first-order valence-electron chi connectivity index (χ1n) is 6.56. The van der Waals surface area contributed by atoms with Crippen LogP contribution in [0.5, 0.6) is 0 Å². The summed E-state index contributed by atoms with van der Waals surface area (Å²) in [6, 6.07) is 0. The molecule has 0 aliphatic rings. The second kappa shape index (κ2) is 7.04. The van der Waals surface area contributed by atoms with E-state index in [2.05, 4.69) is 20.7 Å². The highest BCUT2D eigenvalue weighted by molar-refractivity contribution is 6.32. The fraction of sp³-hybridized carbons (Fsp3) is 0.500. The van der Waals surface area contributed by atoms with Gasteiger partial charge in [-0.1, -0.05) is 23.7 Å². The molecule has 0 aliphatic heterocycles. The summed E-state index contributed by atoms with van der Waals surface area (Å²) in [6.45, 7) is 3.99. The van der Waals surface area contributed by atoms with Gasteiger partial charge >= 0.3 is 0 Å². The Morgan fingerprint density at radius 2 is 2.25 bits per heavy atom. The molecular formula is C12H17ClN6O. The van der Waals surface area contributed by atoms with Crippen LogP contribution in [0.3, 0.4) is 0 Å². The SMILES string of the molecule is CCCn1ncc(NCCCn2ccnn2)c(Cl)c1=O. The molecule has 0 saturated carbocycles. The molecule has 0 saturated heterocycles. The van der Waals surface area contributed by atoms with Gasteiger partial charge in [0.1, 0.15) is 5.02 Å². The number of halogens is 1. The minimum Gasteiger partial charge on any atom is -0.382 e. The van der Waals surface area contributed by atoms with Crippen molar-refractivity contribution in [2.75, 3.05) is 11.9 Å². The summed E-state index contributed by atoms with van der Waals surface area (Å²) in [4.78, 5) is 11.9. The Hall–Kier alpha value is -1.89. The fourth-order valence-corrected chi connectivity index (χ4v) is 1.99. The van der Waals surface area contributed by atoms with E-state index < -0.39 is 0 Å². The quantitative estimate of drug-likeness (QED) is 0.782. The zero-order chi connectivity index (χ0) is 14.4. The highest BCUT2D eigenvalue weighted by atomic mass is 35.5. The van der Waals surface area contributed by atoms with Gasteiger partial charge in [0, 0.05) is 25.8 Å². The molecule has 8 heteroatoms. The molecule has 0 spiro atoms. The number of hydrogen-bond donors (Lipinski definition) is 1. The van der Waals surface area contributed by atoms with Gasteiger partial charge < -0.3 is 5.32 Å². The van der Waals surface area contributed by atoms with Crippen molar-refractivity contribution < 1.29 is 0 Å². The van der Waals surface area contributed by atoms with E-state index in [1.807, 2.05) is 6.92 Å². The summed E-state index contributed by atoms with van der Waals surface area (Å²) < 4.78 is 3.13. The van der Waals surface area contributed by atoms with Gasteiger partial charge in [-0.05, 0) is 12.8 Å². The molecule has 0 fully saturated rings. The lowest BCUT2D eigenvalue weighted by molar-refractivity contribution is 0.564. The second-order valence-corrected chi connectivity index (χ2v) is 4.72. The Labute approximate surface area is 121 Å². The zero-order valence-electron chi connectivity index (χ0n) is 11.3. The first-order chi connectivity index (χ1) is 9.72. The van der Waals surface area contributed by atoms with Crippen molar-refractivity contribution in [3.8, 4) is 0 Å². The van der Waals surface area contributed by atoms with Crippen LogP contribution in [-0.2, 0) is 13.1 Å². The molecule has 0 aromatic carbocycles. The maximum atomic E-state index is 11.9. The van der Waals surface area contributed by atoms with Crippen molar-refractivity contribution in [3.63, 3.8) is 0 Å². The predicted molar refractivity (Wildman–Crippen MR) is 76.9 cm³/mol. The molecule has 0 unspecified atom stereocenters. The summed E-state index contributed by atoms with van der Waals surface area (Å²) in [6.07, 6.45) is 6.72. The predicted octanol–water partition coefficient (Wildman–Crippen LogP) is 1.40. The molecule has 7 nitrogen and oxygen atoms in total. The Bertz CT molecular complexity index is 594. The van der Waals surface area contributed by atoms with E-state index in [0.29, 0.717) is 18.8 Å². The maximum absolute atomic E-state index is 11.9. The van der Waals surface area contributed by atoms with Gasteiger partial charge in [-0.2, -0.15) is 5.10 Å². The molecule has 108 valence electrons. The van der Waals surface area contributed by atoms with E-state index in [9.17, 15) is 4.79 Å². The van der Waals surface area contributed by atoms with Crippen molar-refractivity contribution in [3.05, 3.63) is 34.0 Å². The molecule has 0 amide bonds. The number of aryl methyl sites for hydroxylation is 2. The fourth-order valence-electron chi connectivity index (χ4n) is 1.78. The summed E-state index contributed by atoms with van der Waals surface area (Å²) in [7, 11) is 0. The number of anilines is 1. The molecule has 2 aromatic heterocycles. The molecule has 0 aliphatic carbocycles. The summed E-state index contributed by atoms with van der Waals surface area (Å²) >= 11 is 6.05. The van der Waals surface area contributed by atoms with Gasteiger partial charge in [-0.15, -0.1) is 5.10 Å². The molecule has 1 N–H and O–H groups in total. The Morgan fingerprint density at radius 3 is 2.95 bits per heavy atom. The molecule has 2 rings (SSSR count). The second-order valence-electron chi connectivity index (χ2n) is 4.35. The number of hydrogen-bond acceptors (Lipinski definition) is 5. The lowest BCUT2D eigenvalue weighted by Gasteiger charge is -2.09. The third-order valence-corrected chi connectivity index (χ3v) is 3.14. The van der Waals surface area contributed by atoms with Crippen LogP contribution in [0.25, 0.3) is 0 Å². The standard InChI is InChI=1S/C12H17ClN6O/c1-2-6-19-12(20)11(13)10(9-16-19)14-4-3-7-18-8-5-15-17-18/h5,8-9,14H,2-4,6-7H2,1H3. The van der Waals surface area contributed by atoms with Gasteiger partial charge in [0.15, 0.2) is 0 Å². The molecular weight excluding hydrogens is 280 g/mol. The highest BCUT2D eigenvalue weighted by Gasteiger charge is 2.08. The molecule has 20 heavy (non-hydrogen) atoms. The van der Waals surface area contributed by atoms with Gasteiger partial charge in [0.2, 0.25) is 0 Å². The van der Waals surface area contributed by atoms with Crippen LogP contribution >= 0.6 is 11.6 Å². The summed E-state index contributed by atoms with van der Waals surface area (Å²) in [5.41, 5.74) is 0.317. The largest absolute Gasteiger partial charge is 0.382 e. The van der Waals surface area contributed by atoms with Crippen molar-refractivity contribution in [1.29, 1.82) is 0 Å². The number of nitrogens with zero attached hydrogens (tertiary/aromatic N) is 5. The van der Waals surface area contributed by atoms with Crippen molar-refractivity contribution >= 4 is 17.3 Å². The van der Waals surface area contributed by atoms with Crippen LogP contribution in [0.2, 0.25) is 5.02 Å². The van der Waals surface area contributed by atoms with E-state index in [0.717, 1.165) is 19.4 Å². The smallest absolute Gasteiger partial charge is 0.287 e. The van der Waals surface area contributed by atoms with Crippen LogP contribution in [0.15, 0.2) is 23.4 Å². The first-order valence-corrected chi connectivity index (χ1v) is 6.93. The first kappa shape index (κ1) is 14.5. The lowest BCUT2D eigenvalue weighted by atomic mass is 10.4. The lowest BCUT2D eigenvalue weighted by Crippen LogP contribution is -2.24. The Kier molecular flexibility index (Phi) is 5.11. The molecule has 0 bridgehead atoms. The van der Waals surface area contributed by atoms with Crippen molar-refractivity contribution in [1.82, 2.24) is 24.8 Å². The minimum absolute atomic E-state index is 0.189. The van der Waals surface area contributed by atoms with E-state index in [-0.39, 0.29) is 10.6 Å². The normalized spacial score (nSPS) is 10.7. The van der Waals surface area contributed by atoms with Crippen LogP contribution < -0.4 is 10.9 Å². The number of aromatic nitrogens is 5. The molecule has 2 heterocycles. The van der Waals surface area contributed by atoms with Gasteiger partial charge in [-0.25, -0.2) is 4.68 Å². The molecule has 0 atom stereocenters. The highest BCUT2D eigenvalue weighted by Crippen LogP contribution is 2.15. The van der Waals surface area contributed by atoms with Crippen molar-refractivity contribution in [2.45, 2.75) is 32.9 Å². The third-order valence-electron chi connectivity index (χ3n) is 2.77. The molecule has 2 aromatic rings. The van der Waals surface area contributed by atoms with Crippen LogP contribution in [0.1, 0.15) is 19.8 Å². The topological polar surface area (TPSA) is 77.6 Å². The average molecular weight is 297 g/mol. The van der Waals surface area contributed by atoms with E-state index in [1.54, 1.807) is 23.3 Å². The van der Waals surface area contributed by atoms with Crippen LogP contribution in [-0.4, -0.2) is 31.3 Å². The minimum atomic E-state index is -0.255. The monoisotopic (exact) mass is 296 g/mol. The molecule has 0 radical (unpaired) electrons. The number of nitrogens with one attached hydrogen (secondary N) is 1. The van der Waals surface area contributed by atoms with Gasteiger partial charge in [-0.3, -0.25) is 9.48 Å². The van der Waals surface area contributed by atoms with Gasteiger partial charge in [0.05, 0.1) is 18.1 Å².